The first-order chi connectivity index (χ1) is 11.5. The van der Waals surface area contributed by atoms with Gasteiger partial charge in [0.25, 0.3) is 0 Å². The zero-order valence-corrected chi connectivity index (χ0v) is 14.6. The predicted octanol–water partition coefficient (Wildman–Crippen LogP) is 2.83. The zero-order valence-electron chi connectivity index (χ0n) is 13.8. The Morgan fingerprint density at radius 1 is 1.08 bits per heavy atom. The van der Waals surface area contributed by atoms with Crippen molar-refractivity contribution in [2.75, 3.05) is 6.54 Å². The van der Waals surface area contributed by atoms with Gasteiger partial charge in [-0.05, 0) is 48.4 Å². The van der Waals surface area contributed by atoms with Crippen LogP contribution in [-0.4, -0.2) is 20.1 Å². The van der Waals surface area contributed by atoms with Gasteiger partial charge in [-0.2, -0.15) is 0 Å². The smallest absolute Gasteiger partial charge is 0.240 e. The molecule has 0 aromatic heterocycles. The van der Waals surface area contributed by atoms with Gasteiger partial charge in [0.2, 0.25) is 10.0 Å². The van der Waals surface area contributed by atoms with Gasteiger partial charge in [0, 0.05) is 6.54 Å². The van der Waals surface area contributed by atoms with Crippen molar-refractivity contribution in [3.8, 4) is 0 Å². The molecule has 1 aliphatic carbocycles. The lowest BCUT2D eigenvalue weighted by Gasteiger charge is -2.29. The molecular weight excluding hydrogens is 322 g/mol. The van der Waals surface area contributed by atoms with Gasteiger partial charge in [-0.1, -0.05) is 49.4 Å². The first kappa shape index (κ1) is 17.1. The second-order valence-electron chi connectivity index (χ2n) is 6.39. The summed E-state index contributed by atoms with van der Waals surface area (Å²) < 4.78 is 27.7. The third-order valence-electron chi connectivity index (χ3n) is 4.70. The maximum Gasteiger partial charge on any atom is 0.240 e. The van der Waals surface area contributed by atoms with E-state index >= 15 is 0 Å². The van der Waals surface area contributed by atoms with E-state index in [9.17, 15) is 13.5 Å². The number of aliphatic hydroxyl groups is 1. The lowest BCUT2D eigenvalue weighted by atomic mass is 9.89. The van der Waals surface area contributed by atoms with Crippen LogP contribution in [0, 0.1) is 5.92 Å². The quantitative estimate of drug-likeness (QED) is 0.811. The second kappa shape index (κ2) is 6.67. The van der Waals surface area contributed by atoms with Crippen LogP contribution in [-0.2, 0) is 22.0 Å². The van der Waals surface area contributed by atoms with E-state index in [2.05, 4.69) is 4.72 Å². The van der Waals surface area contributed by atoms with Crippen LogP contribution < -0.4 is 4.72 Å². The minimum Gasteiger partial charge on any atom is -0.383 e. The molecule has 0 heterocycles. The standard InChI is InChI=1S/C19H23NO3S/c1-2-15-8-12-18(13-9-15)24(22,23)20-14-19(21,17-10-11-17)16-6-4-3-5-7-16/h3-9,12-13,17,20-21H,2,10-11,14H2,1H3. The van der Waals surface area contributed by atoms with Crippen LogP contribution in [0.4, 0.5) is 0 Å². The van der Waals surface area contributed by atoms with Crippen LogP contribution in [0.1, 0.15) is 30.9 Å². The first-order valence-corrected chi connectivity index (χ1v) is 9.80. The molecule has 2 N–H and O–H groups in total. The monoisotopic (exact) mass is 345 g/mol. The molecule has 128 valence electrons. The van der Waals surface area contributed by atoms with Crippen LogP contribution in [0.25, 0.3) is 0 Å². The second-order valence-corrected chi connectivity index (χ2v) is 8.15. The van der Waals surface area contributed by atoms with Crippen LogP contribution in [0.3, 0.4) is 0 Å². The third kappa shape index (κ3) is 3.53. The Morgan fingerprint density at radius 2 is 1.71 bits per heavy atom. The summed E-state index contributed by atoms with van der Waals surface area (Å²) in [5.41, 5.74) is 0.696. The minimum atomic E-state index is -3.64. The minimum absolute atomic E-state index is 0.0143. The summed E-state index contributed by atoms with van der Waals surface area (Å²) in [6.07, 6.45) is 2.69. The number of nitrogens with one attached hydrogen (secondary N) is 1. The molecule has 0 radical (unpaired) electrons. The van der Waals surface area contributed by atoms with E-state index in [4.69, 9.17) is 0 Å². The molecule has 0 bridgehead atoms. The van der Waals surface area contributed by atoms with Crippen molar-refractivity contribution in [2.24, 2.45) is 5.92 Å². The molecule has 0 amide bonds. The summed E-state index contributed by atoms with van der Waals surface area (Å²) in [7, 11) is -3.64. The Labute approximate surface area is 143 Å². The molecule has 5 heteroatoms. The summed E-state index contributed by atoms with van der Waals surface area (Å²) in [5, 5.41) is 11.1. The van der Waals surface area contributed by atoms with Crippen LogP contribution in [0.5, 0.6) is 0 Å². The molecule has 1 aliphatic rings. The maximum atomic E-state index is 12.5. The van der Waals surface area contributed by atoms with Gasteiger partial charge in [0.05, 0.1) is 4.90 Å². The number of hydrogen-bond donors (Lipinski definition) is 2. The SMILES string of the molecule is CCc1ccc(S(=O)(=O)NCC(O)(c2ccccc2)C2CC2)cc1. The van der Waals surface area contributed by atoms with Gasteiger partial charge in [-0.3, -0.25) is 0 Å². The van der Waals surface area contributed by atoms with Gasteiger partial charge >= 0.3 is 0 Å². The molecule has 1 fully saturated rings. The van der Waals surface area contributed by atoms with Crippen molar-refractivity contribution in [2.45, 2.75) is 36.7 Å². The van der Waals surface area contributed by atoms with Crippen molar-refractivity contribution in [1.82, 2.24) is 4.72 Å². The zero-order chi connectivity index (χ0) is 17.2. The molecule has 24 heavy (non-hydrogen) atoms. The van der Waals surface area contributed by atoms with Gasteiger partial charge in [0.15, 0.2) is 0 Å². The molecule has 1 atom stereocenters. The molecule has 1 saturated carbocycles. The Bertz CT molecular complexity index is 783. The van der Waals surface area contributed by atoms with E-state index < -0.39 is 15.6 Å². The lowest BCUT2D eigenvalue weighted by Crippen LogP contribution is -2.42. The molecular formula is C19H23NO3S. The van der Waals surface area contributed by atoms with Crippen molar-refractivity contribution >= 4 is 10.0 Å². The lowest BCUT2D eigenvalue weighted by molar-refractivity contribution is 0.0185. The summed E-state index contributed by atoms with van der Waals surface area (Å²) in [5.74, 6) is 0.102. The molecule has 4 nitrogen and oxygen atoms in total. The summed E-state index contributed by atoms with van der Waals surface area (Å²) >= 11 is 0. The fraction of sp³-hybridized carbons (Fsp3) is 0.368. The molecule has 2 aromatic rings. The fourth-order valence-corrected chi connectivity index (χ4v) is 4.03. The predicted molar refractivity (Wildman–Crippen MR) is 94.1 cm³/mol. The molecule has 0 spiro atoms. The summed E-state index contributed by atoms with van der Waals surface area (Å²) in [6, 6.07) is 16.2. The maximum absolute atomic E-state index is 12.5. The Balaban J connectivity index is 1.79. The van der Waals surface area contributed by atoms with Crippen LogP contribution in [0.2, 0.25) is 0 Å². The fourth-order valence-electron chi connectivity index (χ4n) is 2.96. The average molecular weight is 345 g/mol. The number of aryl methyl sites for hydroxylation is 1. The van der Waals surface area contributed by atoms with E-state index in [-0.39, 0.29) is 17.4 Å². The highest BCUT2D eigenvalue weighted by atomic mass is 32.2. The molecule has 2 aromatic carbocycles. The number of sulfonamides is 1. The summed E-state index contributed by atoms with van der Waals surface area (Å²) in [6.45, 7) is 2.01. The van der Waals surface area contributed by atoms with Crippen LogP contribution in [0.15, 0.2) is 59.5 Å². The van der Waals surface area contributed by atoms with E-state index in [0.29, 0.717) is 0 Å². The third-order valence-corrected chi connectivity index (χ3v) is 6.12. The Kier molecular flexibility index (Phi) is 4.76. The van der Waals surface area contributed by atoms with Crippen molar-refractivity contribution < 1.29 is 13.5 Å². The number of hydrogen-bond acceptors (Lipinski definition) is 3. The topological polar surface area (TPSA) is 66.4 Å². The molecule has 3 rings (SSSR count). The summed E-state index contributed by atoms with van der Waals surface area (Å²) in [4.78, 5) is 0.228. The highest BCUT2D eigenvalue weighted by Gasteiger charge is 2.45. The number of rotatable bonds is 7. The van der Waals surface area contributed by atoms with Gasteiger partial charge < -0.3 is 5.11 Å². The van der Waals surface area contributed by atoms with E-state index in [1.54, 1.807) is 12.1 Å². The van der Waals surface area contributed by atoms with Crippen molar-refractivity contribution in [3.05, 3.63) is 65.7 Å². The van der Waals surface area contributed by atoms with E-state index in [0.717, 1.165) is 30.4 Å². The molecule has 1 unspecified atom stereocenters. The van der Waals surface area contributed by atoms with E-state index in [1.807, 2.05) is 49.4 Å². The van der Waals surface area contributed by atoms with Gasteiger partial charge in [-0.15, -0.1) is 0 Å². The number of benzene rings is 2. The largest absolute Gasteiger partial charge is 0.383 e. The van der Waals surface area contributed by atoms with E-state index in [1.165, 1.54) is 0 Å². The van der Waals surface area contributed by atoms with Crippen LogP contribution >= 0.6 is 0 Å². The van der Waals surface area contributed by atoms with Gasteiger partial charge in [0.1, 0.15) is 5.60 Å². The van der Waals surface area contributed by atoms with Gasteiger partial charge in [-0.25, -0.2) is 13.1 Å². The van der Waals surface area contributed by atoms with Crippen molar-refractivity contribution in [1.29, 1.82) is 0 Å². The normalized spacial score (nSPS) is 17.4. The van der Waals surface area contributed by atoms with Crippen molar-refractivity contribution in [3.63, 3.8) is 0 Å². The first-order valence-electron chi connectivity index (χ1n) is 8.32. The Morgan fingerprint density at radius 3 is 2.25 bits per heavy atom. The highest BCUT2D eigenvalue weighted by molar-refractivity contribution is 7.89. The molecule has 0 aliphatic heterocycles. The highest BCUT2D eigenvalue weighted by Crippen LogP contribution is 2.45. The Hall–Kier alpha value is -1.69. The average Bonchev–Trinajstić information content (AvgIpc) is 3.46. The molecule has 0 saturated heterocycles.